The fourth-order valence-electron chi connectivity index (χ4n) is 1.89. The van der Waals surface area contributed by atoms with Crippen molar-refractivity contribution in [2.45, 2.75) is 18.9 Å². The summed E-state index contributed by atoms with van der Waals surface area (Å²) in [7, 11) is 1.69. The molecule has 1 aliphatic heterocycles. The predicted molar refractivity (Wildman–Crippen MR) is 57.5 cm³/mol. The van der Waals surface area contributed by atoms with Gasteiger partial charge in [-0.1, -0.05) is 24.3 Å². The molecule has 0 spiro atoms. The minimum atomic E-state index is 0.154. The van der Waals surface area contributed by atoms with Gasteiger partial charge in [0.25, 0.3) is 0 Å². The van der Waals surface area contributed by atoms with E-state index < -0.39 is 0 Å². The average Bonchev–Trinajstić information content (AvgIpc) is 2.67. The van der Waals surface area contributed by atoms with E-state index in [9.17, 15) is 4.79 Å². The highest BCUT2D eigenvalue weighted by molar-refractivity contribution is 5.79. The molecule has 1 aromatic carbocycles. The number of amides is 1. The monoisotopic (exact) mass is 205 g/mol. The third kappa shape index (κ3) is 2.36. The maximum atomic E-state index is 11.1. The van der Waals surface area contributed by atoms with Crippen molar-refractivity contribution in [3.8, 4) is 0 Å². The van der Waals surface area contributed by atoms with E-state index in [2.05, 4.69) is 29.6 Å². The molecule has 2 rings (SSSR count). The van der Waals surface area contributed by atoms with Gasteiger partial charge in [-0.25, -0.2) is 0 Å². The number of ether oxygens (including phenoxy) is 1. The van der Waals surface area contributed by atoms with Crippen LogP contribution < -0.4 is 5.32 Å². The zero-order valence-electron chi connectivity index (χ0n) is 8.82. The molecule has 15 heavy (non-hydrogen) atoms. The van der Waals surface area contributed by atoms with Gasteiger partial charge >= 0.3 is 0 Å². The van der Waals surface area contributed by atoms with Crippen LogP contribution >= 0.6 is 0 Å². The van der Waals surface area contributed by atoms with E-state index in [-0.39, 0.29) is 5.91 Å². The molecule has 1 fully saturated rings. The minimum Gasteiger partial charge on any atom is -0.380 e. The Morgan fingerprint density at radius 3 is 2.67 bits per heavy atom. The second-order valence-electron chi connectivity index (χ2n) is 3.88. The molecule has 1 aromatic rings. The largest absolute Gasteiger partial charge is 0.380 e. The van der Waals surface area contributed by atoms with Gasteiger partial charge in [0.1, 0.15) is 0 Å². The number of benzene rings is 1. The summed E-state index contributed by atoms with van der Waals surface area (Å²) >= 11 is 0. The van der Waals surface area contributed by atoms with E-state index in [1.165, 1.54) is 11.1 Å². The zero-order valence-corrected chi connectivity index (χ0v) is 8.82. The summed E-state index contributed by atoms with van der Waals surface area (Å²) in [5, 5.41) is 2.84. The van der Waals surface area contributed by atoms with Crippen LogP contribution in [0.4, 0.5) is 0 Å². The summed E-state index contributed by atoms with van der Waals surface area (Å²) in [6.45, 7) is 1.41. The molecule has 1 amide bonds. The summed E-state index contributed by atoms with van der Waals surface area (Å²) < 4.78 is 5.04. The molecule has 1 saturated heterocycles. The molecule has 0 aliphatic carbocycles. The van der Waals surface area contributed by atoms with Crippen molar-refractivity contribution in [3.63, 3.8) is 0 Å². The fraction of sp³-hybridized carbons (Fsp3) is 0.417. The van der Waals surface area contributed by atoms with Crippen LogP contribution in [-0.2, 0) is 16.1 Å². The maximum absolute atomic E-state index is 11.1. The standard InChI is InChI=1S/C12H15NO2/c1-15-8-9-2-4-10(5-3-9)11-6-12(14)13-7-11/h2-5,11H,6-8H2,1H3,(H,13,14). The lowest BCUT2D eigenvalue weighted by atomic mass is 9.97. The molecular weight excluding hydrogens is 190 g/mol. The Morgan fingerprint density at radius 1 is 1.40 bits per heavy atom. The van der Waals surface area contributed by atoms with Crippen molar-refractivity contribution in [1.29, 1.82) is 0 Å². The topological polar surface area (TPSA) is 38.3 Å². The fourth-order valence-corrected chi connectivity index (χ4v) is 1.89. The van der Waals surface area contributed by atoms with E-state index in [1.807, 2.05) is 0 Å². The molecule has 1 aliphatic rings. The molecule has 0 bridgehead atoms. The molecule has 1 atom stereocenters. The Bertz CT molecular complexity index is 345. The number of nitrogens with one attached hydrogen (secondary N) is 1. The Balaban J connectivity index is 2.06. The molecule has 3 nitrogen and oxygen atoms in total. The van der Waals surface area contributed by atoms with Crippen molar-refractivity contribution in [3.05, 3.63) is 35.4 Å². The molecular formula is C12H15NO2. The second kappa shape index (κ2) is 4.45. The SMILES string of the molecule is COCc1ccc(C2CNC(=O)C2)cc1. The van der Waals surface area contributed by atoms with Gasteiger partial charge in [0, 0.05) is 26.0 Å². The van der Waals surface area contributed by atoms with Gasteiger partial charge in [-0.15, -0.1) is 0 Å². The Labute approximate surface area is 89.4 Å². The first kappa shape index (κ1) is 10.2. The summed E-state index contributed by atoms with van der Waals surface area (Å²) in [6, 6.07) is 8.28. The van der Waals surface area contributed by atoms with Crippen molar-refractivity contribution in [1.82, 2.24) is 5.32 Å². The zero-order chi connectivity index (χ0) is 10.7. The first-order chi connectivity index (χ1) is 7.29. The minimum absolute atomic E-state index is 0.154. The molecule has 1 N–H and O–H groups in total. The first-order valence-corrected chi connectivity index (χ1v) is 5.14. The van der Waals surface area contributed by atoms with Gasteiger partial charge in [-0.05, 0) is 11.1 Å². The van der Waals surface area contributed by atoms with E-state index in [0.717, 1.165) is 6.54 Å². The highest BCUT2D eigenvalue weighted by Gasteiger charge is 2.22. The summed E-state index contributed by atoms with van der Waals surface area (Å²) in [5.74, 6) is 0.495. The lowest BCUT2D eigenvalue weighted by Gasteiger charge is -2.08. The van der Waals surface area contributed by atoms with Crippen LogP contribution in [0.5, 0.6) is 0 Å². The molecule has 1 unspecified atom stereocenters. The molecule has 1 heterocycles. The number of hydrogen-bond donors (Lipinski definition) is 1. The average molecular weight is 205 g/mol. The quantitative estimate of drug-likeness (QED) is 0.810. The van der Waals surface area contributed by atoms with Gasteiger partial charge in [0.05, 0.1) is 6.61 Å². The Kier molecular flexibility index (Phi) is 3.02. The summed E-state index contributed by atoms with van der Waals surface area (Å²) in [6.07, 6.45) is 0.615. The van der Waals surface area contributed by atoms with Gasteiger partial charge in [0.15, 0.2) is 0 Å². The third-order valence-electron chi connectivity index (χ3n) is 2.74. The van der Waals surface area contributed by atoms with Crippen LogP contribution in [0.2, 0.25) is 0 Å². The van der Waals surface area contributed by atoms with E-state index in [4.69, 9.17) is 4.74 Å². The van der Waals surface area contributed by atoms with Crippen molar-refractivity contribution >= 4 is 5.91 Å². The lowest BCUT2D eigenvalue weighted by Crippen LogP contribution is -2.13. The van der Waals surface area contributed by atoms with E-state index >= 15 is 0 Å². The van der Waals surface area contributed by atoms with Crippen molar-refractivity contribution in [2.24, 2.45) is 0 Å². The summed E-state index contributed by atoms with van der Waals surface area (Å²) in [4.78, 5) is 11.1. The van der Waals surface area contributed by atoms with Crippen LogP contribution in [0.3, 0.4) is 0 Å². The Morgan fingerprint density at radius 2 is 2.13 bits per heavy atom. The first-order valence-electron chi connectivity index (χ1n) is 5.14. The number of hydrogen-bond acceptors (Lipinski definition) is 2. The van der Waals surface area contributed by atoms with Crippen LogP contribution in [0.25, 0.3) is 0 Å². The molecule has 80 valence electrons. The molecule has 0 aromatic heterocycles. The highest BCUT2D eigenvalue weighted by atomic mass is 16.5. The number of carbonyl (C=O) groups is 1. The van der Waals surface area contributed by atoms with Crippen LogP contribution in [0.1, 0.15) is 23.5 Å². The normalized spacial score (nSPS) is 20.3. The van der Waals surface area contributed by atoms with Gasteiger partial charge in [-0.2, -0.15) is 0 Å². The molecule has 0 radical (unpaired) electrons. The van der Waals surface area contributed by atoms with Crippen LogP contribution in [0.15, 0.2) is 24.3 Å². The number of carbonyl (C=O) groups excluding carboxylic acids is 1. The van der Waals surface area contributed by atoms with Crippen molar-refractivity contribution in [2.75, 3.05) is 13.7 Å². The molecule has 3 heteroatoms. The second-order valence-corrected chi connectivity index (χ2v) is 3.88. The van der Waals surface area contributed by atoms with Crippen LogP contribution in [-0.4, -0.2) is 19.6 Å². The highest BCUT2D eigenvalue weighted by Crippen LogP contribution is 2.23. The lowest BCUT2D eigenvalue weighted by molar-refractivity contribution is -0.119. The summed E-state index contributed by atoms with van der Waals surface area (Å²) in [5.41, 5.74) is 2.40. The van der Waals surface area contributed by atoms with Crippen molar-refractivity contribution < 1.29 is 9.53 Å². The smallest absolute Gasteiger partial charge is 0.220 e. The van der Waals surface area contributed by atoms with Gasteiger partial charge in [0.2, 0.25) is 5.91 Å². The number of methoxy groups -OCH3 is 1. The predicted octanol–water partition coefficient (Wildman–Crippen LogP) is 1.44. The number of rotatable bonds is 3. The third-order valence-corrected chi connectivity index (χ3v) is 2.74. The van der Waals surface area contributed by atoms with Gasteiger partial charge < -0.3 is 10.1 Å². The van der Waals surface area contributed by atoms with Gasteiger partial charge in [-0.3, -0.25) is 4.79 Å². The van der Waals surface area contributed by atoms with E-state index in [1.54, 1.807) is 7.11 Å². The maximum Gasteiger partial charge on any atom is 0.220 e. The van der Waals surface area contributed by atoms with Crippen LogP contribution in [0, 0.1) is 0 Å². The molecule has 0 saturated carbocycles. The Hall–Kier alpha value is -1.35. The van der Waals surface area contributed by atoms with E-state index in [0.29, 0.717) is 18.9 Å².